The lowest BCUT2D eigenvalue weighted by molar-refractivity contribution is -0.141. The average molecular weight is 274 g/mol. The molecule has 0 aromatic rings. The van der Waals surface area contributed by atoms with Gasteiger partial charge in [0.05, 0.1) is 6.10 Å². The van der Waals surface area contributed by atoms with Gasteiger partial charge < -0.3 is 25.2 Å². The van der Waals surface area contributed by atoms with E-state index in [4.69, 9.17) is 9.84 Å². The molecule has 0 radical (unpaired) electrons. The van der Waals surface area contributed by atoms with Gasteiger partial charge in [-0.1, -0.05) is 6.92 Å². The summed E-state index contributed by atoms with van der Waals surface area (Å²) >= 11 is 0. The van der Waals surface area contributed by atoms with E-state index in [0.29, 0.717) is 26.2 Å². The number of hydrogen-bond donors (Lipinski definition) is 3. The predicted octanol–water partition coefficient (Wildman–Crippen LogP) is 0.0325. The largest absolute Gasteiger partial charge is 0.480 e. The number of hydrogen-bond acceptors (Lipinski definition) is 4. The Hall–Kier alpha value is -1.34. The molecule has 0 aromatic carbocycles. The van der Waals surface area contributed by atoms with Crippen molar-refractivity contribution in [2.45, 2.75) is 38.3 Å². The molecular weight excluding hydrogens is 252 g/mol. The number of rotatable bonds is 7. The molecule has 1 rings (SSSR count). The Kier molecular flexibility index (Phi) is 6.58. The Morgan fingerprint density at radius 2 is 2.16 bits per heavy atom. The third kappa shape index (κ3) is 5.04. The van der Waals surface area contributed by atoms with Crippen molar-refractivity contribution in [3.8, 4) is 0 Å². The van der Waals surface area contributed by atoms with Crippen LogP contribution in [0.4, 0.5) is 4.79 Å². The highest BCUT2D eigenvalue weighted by molar-refractivity contribution is 5.83. The highest BCUT2D eigenvalue weighted by Crippen LogP contribution is 2.17. The van der Waals surface area contributed by atoms with E-state index in [-0.39, 0.29) is 13.0 Å². The molecule has 0 bridgehead atoms. The summed E-state index contributed by atoms with van der Waals surface area (Å²) in [6, 6.07) is -1.38. The summed E-state index contributed by atoms with van der Waals surface area (Å²) in [5.41, 5.74) is 0. The first kappa shape index (κ1) is 15.7. The summed E-state index contributed by atoms with van der Waals surface area (Å²) in [7, 11) is 0. The third-order valence-corrected chi connectivity index (χ3v) is 2.92. The number of amides is 2. The van der Waals surface area contributed by atoms with Crippen LogP contribution >= 0.6 is 0 Å². The minimum absolute atomic E-state index is 0.0646. The van der Waals surface area contributed by atoms with Crippen LogP contribution < -0.4 is 5.32 Å². The molecule has 110 valence electrons. The molecule has 0 aromatic heterocycles. The maximum atomic E-state index is 11.8. The van der Waals surface area contributed by atoms with Gasteiger partial charge in [-0.05, 0) is 12.8 Å². The monoisotopic (exact) mass is 274 g/mol. The number of aliphatic hydroxyl groups is 1. The molecule has 7 nitrogen and oxygen atoms in total. The van der Waals surface area contributed by atoms with Gasteiger partial charge in [-0.3, -0.25) is 0 Å². The molecular formula is C12H22N2O5. The van der Waals surface area contributed by atoms with E-state index in [2.05, 4.69) is 5.32 Å². The van der Waals surface area contributed by atoms with Crippen LogP contribution in [0.3, 0.4) is 0 Å². The van der Waals surface area contributed by atoms with Gasteiger partial charge in [0, 0.05) is 32.7 Å². The summed E-state index contributed by atoms with van der Waals surface area (Å²) in [4.78, 5) is 23.9. The zero-order valence-electron chi connectivity index (χ0n) is 11.2. The quantitative estimate of drug-likeness (QED) is 0.569. The van der Waals surface area contributed by atoms with Crippen LogP contribution in [0.15, 0.2) is 0 Å². The number of urea groups is 1. The first-order valence-electron chi connectivity index (χ1n) is 6.59. The Morgan fingerprint density at radius 3 is 2.79 bits per heavy atom. The highest BCUT2D eigenvalue weighted by Gasteiger charge is 2.38. The van der Waals surface area contributed by atoms with E-state index < -0.39 is 24.1 Å². The molecule has 1 fully saturated rings. The minimum atomic E-state index is -1.09. The van der Waals surface area contributed by atoms with Gasteiger partial charge in [0.25, 0.3) is 0 Å². The molecule has 19 heavy (non-hydrogen) atoms. The number of carbonyl (C=O) groups excluding carboxylic acids is 1. The van der Waals surface area contributed by atoms with Gasteiger partial charge >= 0.3 is 12.0 Å². The molecule has 2 atom stereocenters. The van der Waals surface area contributed by atoms with Crippen molar-refractivity contribution in [1.29, 1.82) is 0 Å². The predicted molar refractivity (Wildman–Crippen MR) is 67.9 cm³/mol. The van der Waals surface area contributed by atoms with E-state index in [1.807, 2.05) is 6.92 Å². The minimum Gasteiger partial charge on any atom is -0.480 e. The average Bonchev–Trinajstić information content (AvgIpc) is 2.76. The fraction of sp³-hybridized carbons (Fsp3) is 0.833. The summed E-state index contributed by atoms with van der Waals surface area (Å²) in [6.45, 7) is 3.79. The number of likely N-dealkylation sites (tertiary alicyclic amines) is 1. The lowest BCUT2D eigenvalue weighted by Gasteiger charge is -2.21. The molecule has 3 N–H and O–H groups in total. The normalized spacial score (nSPS) is 22.5. The number of carboxylic acid groups (broad SMARTS) is 1. The molecule has 1 heterocycles. The molecule has 1 saturated heterocycles. The van der Waals surface area contributed by atoms with E-state index >= 15 is 0 Å². The molecule has 0 unspecified atom stereocenters. The van der Waals surface area contributed by atoms with Crippen molar-refractivity contribution in [2.75, 3.05) is 26.3 Å². The fourth-order valence-electron chi connectivity index (χ4n) is 1.99. The lowest BCUT2D eigenvalue weighted by atomic mass is 10.2. The number of nitrogens with one attached hydrogen (secondary N) is 1. The van der Waals surface area contributed by atoms with Crippen molar-refractivity contribution in [1.82, 2.24) is 10.2 Å². The Balaban J connectivity index is 2.26. The van der Waals surface area contributed by atoms with Crippen LogP contribution in [0.25, 0.3) is 0 Å². The van der Waals surface area contributed by atoms with Gasteiger partial charge in [-0.15, -0.1) is 0 Å². The molecule has 7 heteroatoms. The summed E-state index contributed by atoms with van der Waals surface area (Å²) in [6.07, 6.45) is 0.959. The summed E-state index contributed by atoms with van der Waals surface area (Å²) < 4.78 is 5.27. The van der Waals surface area contributed by atoms with E-state index in [0.717, 1.165) is 6.42 Å². The number of nitrogens with zero attached hydrogens (tertiary/aromatic N) is 1. The van der Waals surface area contributed by atoms with Crippen LogP contribution in [0.1, 0.15) is 26.2 Å². The molecule has 1 aliphatic rings. The smallest absolute Gasteiger partial charge is 0.326 e. The number of aliphatic carboxylic acids is 1. The maximum Gasteiger partial charge on any atom is 0.326 e. The zero-order chi connectivity index (χ0) is 14.3. The molecule has 0 spiro atoms. The van der Waals surface area contributed by atoms with E-state index in [9.17, 15) is 14.7 Å². The number of β-amino-alcohol motifs (C(OH)–C–C–N with tert-alkyl or cyclic N) is 1. The number of ether oxygens (including phenoxy) is 1. The summed E-state index contributed by atoms with van der Waals surface area (Å²) in [5, 5.41) is 21.0. The van der Waals surface area contributed by atoms with Crippen molar-refractivity contribution in [3.05, 3.63) is 0 Å². The molecule has 0 aliphatic carbocycles. The zero-order valence-corrected chi connectivity index (χ0v) is 11.2. The third-order valence-electron chi connectivity index (χ3n) is 2.92. The van der Waals surface area contributed by atoms with E-state index in [1.165, 1.54) is 4.90 Å². The summed E-state index contributed by atoms with van der Waals surface area (Å²) in [5.74, 6) is -1.09. The highest BCUT2D eigenvalue weighted by atomic mass is 16.5. The topological polar surface area (TPSA) is 99.1 Å². The van der Waals surface area contributed by atoms with Gasteiger partial charge in [-0.25, -0.2) is 9.59 Å². The van der Waals surface area contributed by atoms with Crippen LogP contribution in [-0.4, -0.2) is 65.6 Å². The Bertz CT molecular complexity index is 310. The van der Waals surface area contributed by atoms with Crippen molar-refractivity contribution in [3.63, 3.8) is 0 Å². The van der Waals surface area contributed by atoms with Gasteiger partial charge in [-0.2, -0.15) is 0 Å². The standard InChI is InChI=1S/C12H22N2O5/c1-2-5-19-6-3-4-13-12(18)14-8-9(15)7-10(14)11(16)17/h9-10,15H,2-8H2,1H3,(H,13,18)(H,16,17)/t9-,10+/m1/s1. The number of aliphatic hydroxyl groups excluding tert-OH is 1. The van der Waals surface area contributed by atoms with Gasteiger partial charge in [0.2, 0.25) is 0 Å². The van der Waals surface area contributed by atoms with Crippen LogP contribution in [0, 0.1) is 0 Å². The maximum absolute atomic E-state index is 11.8. The van der Waals surface area contributed by atoms with E-state index in [1.54, 1.807) is 0 Å². The first-order valence-corrected chi connectivity index (χ1v) is 6.59. The molecule has 1 aliphatic heterocycles. The molecule has 2 amide bonds. The Labute approximate surface area is 112 Å². The number of carboxylic acids is 1. The second-order valence-corrected chi connectivity index (χ2v) is 4.59. The second kappa shape index (κ2) is 7.96. The van der Waals surface area contributed by atoms with Crippen molar-refractivity contribution in [2.24, 2.45) is 0 Å². The van der Waals surface area contributed by atoms with Gasteiger partial charge in [0.15, 0.2) is 0 Å². The van der Waals surface area contributed by atoms with Crippen LogP contribution in [-0.2, 0) is 9.53 Å². The van der Waals surface area contributed by atoms with Crippen LogP contribution in [0.2, 0.25) is 0 Å². The van der Waals surface area contributed by atoms with Gasteiger partial charge in [0.1, 0.15) is 6.04 Å². The molecule has 0 saturated carbocycles. The van der Waals surface area contributed by atoms with Crippen molar-refractivity contribution >= 4 is 12.0 Å². The fourth-order valence-corrected chi connectivity index (χ4v) is 1.99. The first-order chi connectivity index (χ1) is 9.06. The second-order valence-electron chi connectivity index (χ2n) is 4.59. The number of carbonyl (C=O) groups is 2. The van der Waals surface area contributed by atoms with Crippen molar-refractivity contribution < 1.29 is 24.5 Å². The van der Waals surface area contributed by atoms with Crippen LogP contribution in [0.5, 0.6) is 0 Å². The lowest BCUT2D eigenvalue weighted by Crippen LogP contribution is -2.46. The SMILES string of the molecule is CCCOCCCNC(=O)N1C[C@H](O)C[C@H]1C(=O)O. The Morgan fingerprint density at radius 1 is 1.42 bits per heavy atom.